The molecule has 0 saturated heterocycles. The van der Waals surface area contributed by atoms with Gasteiger partial charge in [-0.3, -0.25) is 0 Å². The van der Waals surface area contributed by atoms with Crippen molar-refractivity contribution in [1.82, 2.24) is 4.98 Å². The van der Waals surface area contributed by atoms with Crippen molar-refractivity contribution in [2.45, 2.75) is 0 Å². The van der Waals surface area contributed by atoms with E-state index in [0.717, 1.165) is 12.3 Å². The lowest BCUT2D eigenvalue weighted by molar-refractivity contribution is 0.0449. The van der Waals surface area contributed by atoms with Crippen LogP contribution >= 0.6 is 0 Å². The number of carboxylic acid groups (broad SMARTS) is 1. The van der Waals surface area contributed by atoms with Crippen LogP contribution in [-0.4, -0.2) is 30.0 Å². The normalized spacial score (nSPS) is 9.86. The van der Waals surface area contributed by atoms with Gasteiger partial charge in [0.1, 0.15) is 5.56 Å². The Hall–Kier alpha value is -1.69. The molecule has 5 nitrogen and oxygen atoms in total. The SMILES string of the molecule is COCOc1c(C(=O)O)ccnc1F. The van der Waals surface area contributed by atoms with Gasteiger partial charge >= 0.3 is 5.97 Å². The van der Waals surface area contributed by atoms with Crippen LogP contribution in [0.4, 0.5) is 4.39 Å². The van der Waals surface area contributed by atoms with Gasteiger partial charge < -0.3 is 14.6 Å². The number of hydrogen-bond acceptors (Lipinski definition) is 4. The highest BCUT2D eigenvalue weighted by atomic mass is 19.1. The first kappa shape index (κ1) is 10.4. The maximum atomic E-state index is 13.0. The maximum Gasteiger partial charge on any atom is 0.339 e. The molecule has 0 aliphatic heterocycles. The number of ether oxygens (including phenoxy) is 2. The van der Waals surface area contributed by atoms with Crippen molar-refractivity contribution in [2.75, 3.05) is 13.9 Å². The molecule has 0 unspecified atom stereocenters. The van der Waals surface area contributed by atoms with E-state index in [2.05, 4.69) is 9.72 Å². The van der Waals surface area contributed by atoms with E-state index < -0.39 is 17.7 Å². The van der Waals surface area contributed by atoms with E-state index in [1.165, 1.54) is 7.11 Å². The summed E-state index contributed by atoms with van der Waals surface area (Å²) in [5.41, 5.74) is -0.283. The second-order valence-corrected chi connectivity index (χ2v) is 2.33. The van der Waals surface area contributed by atoms with E-state index in [-0.39, 0.29) is 12.4 Å². The number of methoxy groups -OCH3 is 1. The quantitative estimate of drug-likeness (QED) is 0.579. The molecule has 1 rings (SSSR count). The van der Waals surface area contributed by atoms with Crippen molar-refractivity contribution in [3.63, 3.8) is 0 Å². The third-order valence-corrected chi connectivity index (χ3v) is 1.41. The Kier molecular flexibility index (Phi) is 3.35. The van der Waals surface area contributed by atoms with E-state index in [1.54, 1.807) is 0 Å². The Balaban J connectivity index is 3.02. The molecule has 0 saturated carbocycles. The molecule has 1 heterocycles. The minimum atomic E-state index is -1.28. The molecule has 1 aromatic rings. The molecule has 0 amide bonds. The standard InChI is InChI=1S/C8H8FNO4/c1-13-4-14-6-5(8(11)12)2-3-10-7(6)9/h2-3H,4H2,1H3,(H,11,12). The van der Waals surface area contributed by atoms with E-state index >= 15 is 0 Å². The minimum Gasteiger partial charge on any atom is -0.478 e. The Morgan fingerprint density at radius 3 is 3.00 bits per heavy atom. The monoisotopic (exact) mass is 201 g/mol. The molecule has 0 bridgehead atoms. The van der Waals surface area contributed by atoms with Gasteiger partial charge in [-0.25, -0.2) is 9.78 Å². The zero-order valence-corrected chi connectivity index (χ0v) is 7.36. The number of carboxylic acids is 1. The lowest BCUT2D eigenvalue weighted by Gasteiger charge is -2.07. The fourth-order valence-corrected chi connectivity index (χ4v) is 0.846. The number of pyridine rings is 1. The van der Waals surface area contributed by atoms with E-state index in [9.17, 15) is 9.18 Å². The summed E-state index contributed by atoms with van der Waals surface area (Å²) in [6.07, 6.45) is 1.05. The second-order valence-electron chi connectivity index (χ2n) is 2.33. The molecule has 0 aliphatic carbocycles. The summed E-state index contributed by atoms with van der Waals surface area (Å²) in [4.78, 5) is 13.9. The molecule has 0 atom stereocenters. The van der Waals surface area contributed by atoms with Crippen molar-refractivity contribution < 1.29 is 23.8 Å². The maximum absolute atomic E-state index is 13.0. The fourth-order valence-electron chi connectivity index (χ4n) is 0.846. The Labute approximate surface area is 79.1 Å². The third-order valence-electron chi connectivity index (χ3n) is 1.41. The predicted octanol–water partition coefficient (Wildman–Crippen LogP) is 0.902. The van der Waals surface area contributed by atoms with Crippen LogP contribution in [0.3, 0.4) is 0 Å². The number of halogens is 1. The second kappa shape index (κ2) is 4.52. The van der Waals surface area contributed by atoms with Gasteiger partial charge in [-0.05, 0) is 6.07 Å². The molecule has 0 aliphatic rings. The van der Waals surface area contributed by atoms with Crippen LogP contribution in [0.1, 0.15) is 10.4 Å². The number of aromatic carboxylic acids is 1. The van der Waals surface area contributed by atoms with Crippen LogP contribution < -0.4 is 4.74 Å². The molecule has 0 spiro atoms. The van der Waals surface area contributed by atoms with Gasteiger partial charge in [-0.15, -0.1) is 0 Å². The fraction of sp³-hybridized carbons (Fsp3) is 0.250. The largest absolute Gasteiger partial charge is 0.478 e. The summed E-state index contributed by atoms with van der Waals surface area (Å²) in [7, 11) is 1.34. The Morgan fingerprint density at radius 1 is 1.71 bits per heavy atom. The average molecular weight is 201 g/mol. The van der Waals surface area contributed by atoms with Crippen molar-refractivity contribution in [3.05, 3.63) is 23.8 Å². The summed E-state index contributed by atoms with van der Waals surface area (Å²) in [5, 5.41) is 8.67. The van der Waals surface area contributed by atoms with E-state index in [1.807, 2.05) is 0 Å². The number of hydrogen-bond donors (Lipinski definition) is 1. The first-order valence-electron chi connectivity index (χ1n) is 3.66. The number of aromatic nitrogens is 1. The van der Waals surface area contributed by atoms with E-state index in [4.69, 9.17) is 9.84 Å². The lowest BCUT2D eigenvalue weighted by atomic mass is 10.2. The van der Waals surface area contributed by atoms with Gasteiger partial charge in [0.15, 0.2) is 12.5 Å². The van der Waals surface area contributed by atoms with Gasteiger partial charge in [-0.1, -0.05) is 0 Å². The number of rotatable bonds is 4. The first-order valence-corrected chi connectivity index (χ1v) is 3.66. The molecule has 0 aromatic carbocycles. The van der Waals surface area contributed by atoms with Crippen molar-refractivity contribution in [3.8, 4) is 5.75 Å². The average Bonchev–Trinajstić information content (AvgIpc) is 2.15. The van der Waals surface area contributed by atoms with Crippen LogP contribution in [-0.2, 0) is 4.74 Å². The van der Waals surface area contributed by atoms with Crippen LogP contribution in [0.25, 0.3) is 0 Å². The summed E-state index contributed by atoms with van der Waals surface area (Å²) >= 11 is 0. The summed E-state index contributed by atoms with van der Waals surface area (Å²) < 4.78 is 22.2. The summed E-state index contributed by atoms with van der Waals surface area (Å²) in [5.74, 6) is -2.67. The Bertz CT molecular complexity index is 342. The highest BCUT2D eigenvalue weighted by Gasteiger charge is 2.16. The molecular formula is C8H8FNO4. The Morgan fingerprint density at radius 2 is 2.43 bits per heavy atom. The highest BCUT2D eigenvalue weighted by Crippen LogP contribution is 2.20. The zero-order chi connectivity index (χ0) is 10.6. The van der Waals surface area contributed by atoms with E-state index in [0.29, 0.717) is 0 Å². The minimum absolute atomic E-state index is 0.233. The smallest absolute Gasteiger partial charge is 0.339 e. The van der Waals surface area contributed by atoms with Crippen molar-refractivity contribution in [2.24, 2.45) is 0 Å². The van der Waals surface area contributed by atoms with Crippen LogP contribution in [0.2, 0.25) is 0 Å². The van der Waals surface area contributed by atoms with Gasteiger partial charge in [-0.2, -0.15) is 4.39 Å². The number of nitrogens with zero attached hydrogens (tertiary/aromatic N) is 1. The van der Waals surface area contributed by atoms with Gasteiger partial charge in [0, 0.05) is 13.3 Å². The van der Waals surface area contributed by atoms with Crippen LogP contribution in [0, 0.1) is 5.95 Å². The summed E-state index contributed by atoms with van der Waals surface area (Å²) in [6.45, 7) is -0.233. The van der Waals surface area contributed by atoms with Crippen LogP contribution in [0.5, 0.6) is 5.75 Å². The van der Waals surface area contributed by atoms with Gasteiger partial charge in [0.25, 0.3) is 5.95 Å². The third kappa shape index (κ3) is 2.17. The molecule has 6 heteroatoms. The molecule has 0 radical (unpaired) electrons. The predicted molar refractivity (Wildman–Crippen MR) is 43.7 cm³/mol. The topological polar surface area (TPSA) is 68.7 Å². The van der Waals surface area contributed by atoms with Crippen molar-refractivity contribution >= 4 is 5.97 Å². The molecular weight excluding hydrogens is 193 g/mol. The first-order chi connectivity index (χ1) is 6.66. The van der Waals surface area contributed by atoms with Crippen LogP contribution in [0.15, 0.2) is 12.3 Å². The molecule has 14 heavy (non-hydrogen) atoms. The molecule has 1 N–H and O–H groups in total. The van der Waals surface area contributed by atoms with Crippen molar-refractivity contribution in [1.29, 1.82) is 0 Å². The zero-order valence-electron chi connectivity index (χ0n) is 7.36. The highest BCUT2D eigenvalue weighted by molar-refractivity contribution is 5.90. The van der Waals surface area contributed by atoms with Gasteiger partial charge in [0.2, 0.25) is 0 Å². The number of carbonyl (C=O) groups is 1. The molecule has 76 valence electrons. The van der Waals surface area contributed by atoms with Gasteiger partial charge in [0.05, 0.1) is 0 Å². The molecule has 0 fully saturated rings. The lowest BCUT2D eigenvalue weighted by Crippen LogP contribution is -2.08. The summed E-state index contributed by atoms with van der Waals surface area (Å²) in [6, 6.07) is 1.15. The molecule has 1 aromatic heterocycles.